The molecule has 0 bridgehead atoms. The first kappa shape index (κ1) is 16.0. The quantitative estimate of drug-likeness (QED) is 0.810. The van der Waals surface area contributed by atoms with Crippen molar-refractivity contribution in [2.24, 2.45) is 11.8 Å². The molecule has 0 atom stereocenters. The number of anilines is 1. The highest BCUT2D eigenvalue weighted by Crippen LogP contribution is 2.24. The van der Waals surface area contributed by atoms with Crippen LogP contribution >= 0.6 is 0 Å². The third kappa shape index (κ3) is 5.19. The van der Waals surface area contributed by atoms with Gasteiger partial charge in [0.1, 0.15) is 5.82 Å². The molecule has 1 N–H and O–H groups in total. The van der Waals surface area contributed by atoms with E-state index < -0.39 is 0 Å². The predicted molar refractivity (Wildman–Crippen MR) is 81.1 cm³/mol. The molecule has 1 aromatic carbocycles. The van der Waals surface area contributed by atoms with Crippen LogP contribution in [-0.2, 0) is 6.54 Å². The number of benzene rings is 1. The zero-order valence-electron chi connectivity index (χ0n) is 12.8. The first-order chi connectivity index (χ1) is 8.93. The molecule has 0 amide bonds. The fraction of sp³-hybridized carbons (Fsp3) is 0.625. The number of nitrogens with zero attached hydrogens (tertiary/aromatic N) is 1. The molecular weight excluding hydrogens is 239 g/mol. The van der Waals surface area contributed by atoms with Gasteiger partial charge in [-0.3, -0.25) is 0 Å². The summed E-state index contributed by atoms with van der Waals surface area (Å²) in [6, 6.07) is 5.11. The van der Waals surface area contributed by atoms with Gasteiger partial charge in [-0.2, -0.15) is 0 Å². The third-order valence-electron chi connectivity index (χ3n) is 2.92. The predicted octanol–water partition coefficient (Wildman–Crippen LogP) is 3.66. The van der Waals surface area contributed by atoms with Crippen LogP contribution in [0.3, 0.4) is 0 Å². The smallest absolute Gasteiger partial charge is 0.123 e. The third-order valence-corrected chi connectivity index (χ3v) is 2.92. The van der Waals surface area contributed by atoms with Gasteiger partial charge in [-0.05, 0) is 42.6 Å². The molecular formula is C16H27FN2. The maximum absolute atomic E-state index is 13.4. The Morgan fingerprint density at radius 2 is 1.68 bits per heavy atom. The van der Waals surface area contributed by atoms with Gasteiger partial charge in [-0.15, -0.1) is 0 Å². The second-order valence-electron chi connectivity index (χ2n) is 6.00. The van der Waals surface area contributed by atoms with Crippen LogP contribution in [0.25, 0.3) is 0 Å². The molecule has 19 heavy (non-hydrogen) atoms. The summed E-state index contributed by atoms with van der Waals surface area (Å²) >= 11 is 0. The zero-order chi connectivity index (χ0) is 14.4. The maximum atomic E-state index is 13.4. The van der Waals surface area contributed by atoms with Crippen molar-refractivity contribution in [3.8, 4) is 0 Å². The van der Waals surface area contributed by atoms with Crippen molar-refractivity contribution in [2.45, 2.75) is 34.2 Å². The van der Waals surface area contributed by atoms with Crippen molar-refractivity contribution in [3.05, 3.63) is 29.6 Å². The highest BCUT2D eigenvalue weighted by molar-refractivity contribution is 5.54. The van der Waals surface area contributed by atoms with E-state index in [0.717, 1.165) is 24.3 Å². The lowest BCUT2D eigenvalue weighted by molar-refractivity contribution is 0.549. The molecule has 0 heterocycles. The van der Waals surface area contributed by atoms with Gasteiger partial charge in [-0.1, -0.05) is 27.7 Å². The summed E-state index contributed by atoms with van der Waals surface area (Å²) in [7, 11) is 1.89. The Kier molecular flexibility index (Phi) is 6.29. The SMILES string of the molecule is CNCc1cc(F)ccc1N(CC(C)C)CC(C)C. The normalized spacial score (nSPS) is 11.4. The second kappa shape index (κ2) is 7.49. The first-order valence-electron chi connectivity index (χ1n) is 7.12. The summed E-state index contributed by atoms with van der Waals surface area (Å²) in [6.07, 6.45) is 0. The van der Waals surface area contributed by atoms with Crippen LogP contribution in [-0.4, -0.2) is 20.1 Å². The van der Waals surface area contributed by atoms with Gasteiger partial charge in [0.15, 0.2) is 0 Å². The van der Waals surface area contributed by atoms with Crippen LogP contribution in [0.4, 0.5) is 10.1 Å². The Balaban J connectivity index is 3.05. The molecule has 108 valence electrons. The van der Waals surface area contributed by atoms with Gasteiger partial charge in [0.25, 0.3) is 0 Å². The minimum atomic E-state index is -0.164. The molecule has 0 aliphatic carbocycles. The molecule has 0 saturated carbocycles. The highest BCUT2D eigenvalue weighted by Gasteiger charge is 2.14. The number of halogens is 1. The van der Waals surface area contributed by atoms with Gasteiger partial charge in [0.05, 0.1) is 0 Å². The van der Waals surface area contributed by atoms with E-state index in [1.807, 2.05) is 13.1 Å². The van der Waals surface area contributed by atoms with E-state index in [1.54, 1.807) is 12.1 Å². The van der Waals surface area contributed by atoms with Crippen molar-refractivity contribution in [1.29, 1.82) is 0 Å². The van der Waals surface area contributed by atoms with Gasteiger partial charge in [0.2, 0.25) is 0 Å². The van der Waals surface area contributed by atoms with Gasteiger partial charge in [-0.25, -0.2) is 4.39 Å². The first-order valence-corrected chi connectivity index (χ1v) is 7.12. The molecule has 0 spiro atoms. The Morgan fingerprint density at radius 1 is 1.11 bits per heavy atom. The van der Waals surface area contributed by atoms with Gasteiger partial charge < -0.3 is 10.2 Å². The summed E-state index contributed by atoms with van der Waals surface area (Å²) in [5, 5.41) is 3.12. The average Bonchev–Trinajstić information content (AvgIpc) is 2.27. The van der Waals surface area contributed by atoms with Crippen LogP contribution in [0, 0.1) is 17.7 Å². The van der Waals surface area contributed by atoms with E-state index in [-0.39, 0.29) is 5.82 Å². The standard InChI is InChI=1S/C16H27FN2/c1-12(2)10-19(11-13(3)4)16-7-6-15(17)8-14(16)9-18-5/h6-8,12-13,18H,9-11H2,1-5H3. The van der Waals surface area contributed by atoms with Crippen LogP contribution in [0.5, 0.6) is 0 Å². The zero-order valence-corrected chi connectivity index (χ0v) is 12.8. The fourth-order valence-electron chi connectivity index (χ4n) is 2.35. The molecule has 0 saturated heterocycles. The lowest BCUT2D eigenvalue weighted by atomic mass is 10.1. The lowest BCUT2D eigenvalue weighted by Gasteiger charge is -2.30. The molecule has 0 unspecified atom stereocenters. The molecule has 0 aromatic heterocycles. The van der Waals surface area contributed by atoms with Crippen molar-refractivity contribution in [3.63, 3.8) is 0 Å². The largest absolute Gasteiger partial charge is 0.371 e. The van der Waals surface area contributed by atoms with E-state index in [1.165, 1.54) is 0 Å². The van der Waals surface area contributed by atoms with Crippen molar-refractivity contribution >= 4 is 5.69 Å². The van der Waals surface area contributed by atoms with Crippen LogP contribution in [0.2, 0.25) is 0 Å². The highest BCUT2D eigenvalue weighted by atomic mass is 19.1. The van der Waals surface area contributed by atoms with Gasteiger partial charge >= 0.3 is 0 Å². The lowest BCUT2D eigenvalue weighted by Crippen LogP contribution is -2.32. The molecule has 3 heteroatoms. The topological polar surface area (TPSA) is 15.3 Å². The van der Waals surface area contributed by atoms with Crippen molar-refractivity contribution in [2.75, 3.05) is 25.0 Å². The molecule has 1 rings (SSSR count). The maximum Gasteiger partial charge on any atom is 0.123 e. The summed E-state index contributed by atoms with van der Waals surface area (Å²) in [5.74, 6) is 1.01. The molecule has 0 aliphatic rings. The summed E-state index contributed by atoms with van der Waals surface area (Å²) < 4.78 is 13.4. The Morgan fingerprint density at radius 3 is 2.16 bits per heavy atom. The van der Waals surface area contributed by atoms with Crippen LogP contribution in [0.1, 0.15) is 33.3 Å². The monoisotopic (exact) mass is 266 g/mol. The van der Waals surface area contributed by atoms with Crippen molar-refractivity contribution < 1.29 is 4.39 Å². The average molecular weight is 266 g/mol. The van der Waals surface area contributed by atoms with E-state index in [9.17, 15) is 4.39 Å². The number of nitrogens with one attached hydrogen (secondary N) is 1. The fourth-order valence-corrected chi connectivity index (χ4v) is 2.35. The summed E-state index contributed by atoms with van der Waals surface area (Å²) in [6.45, 7) is 11.6. The summed E-state index contributed by atoms with van der Waals surface area (Å²) in [4.78, 5) is 2.38. The second-order valence-corrected chi connectivity index (χ2v) is 6.00. The molecule has 0 aliphatic heterocycles. The number of hydrogen-bond acceptors (Lipinski definition) is 2. The van der Waals surface area contributed by atoms with E-state index in [4.69, 9.17) is 0 Å². The van der Waals surface area contributed by atoms with E-state index >= 15 is 0 Å². The van der Waals surface area contributed by atoms with Gasteiger partial charge in [0, 0.05) is 25.3 Å². The summed E-state index contributed by atoms with van der Waals surface area (Å²) in [5.41, 5.74) is 2.18. The minimum Gasteiger partial charge on any atom is -0.371 e. The Hall–Kier alpha value is -1.09. The number of rotatable bonds is 7. The molecule has 0 radical (unpaired) electrons. The van der Waals surface area contributed by atoms with E-state index in [2.05, 4.69) is 37.9 Å². The minimum absolute atomic E-state index is 0.164. The Labute approximate surface area is 117 Å². The van der Waals surface area contributed by atoms with Crippen LogP contribution < -0.4 is 10.2 Å². The Bertz CT molecular complexity index is 378. The van der Waals surface area contributed by atoms with E-state index in [0.29, 0.717) is 18.4 Å². The molecule has 1 aromatic rings. The number of hydrogen-bond donors (Lipinski definition) is 1. The molecule has 2 nitrogen and oxygen atoms in total. The molecule has 0 fully saturated rings. The van der Waals surface area contributed by atoms with Crippen LogP contribution in [0.15, 0.2) is 18.2 Å². The van der Waals surface area contributed by atoms with Crippen molar-refractivity contribution in [1.82, 2.24) is 5.32 Å².